The third kappa shape index (κ3) is 7.46. The molecule has 0 aliphatic carbocycles. The van der Waals surface area contributed by atoms with E-state index in [1.165, 1.54) is 12.1 Å². The van der Waals surface area contributed by atoms with Gasteiger partial charge in [0.1, 0.15) is 22.9 Å². The minimum atomic E-state index is -5.17. The highest BCUT2D eigenvalue weighted by atomic mass is 79.9. The van der Waals surface area contributed by atoms with Crippen LogP contribution in [0.2, 0.25) is 5.02 Å². The lowest BCUT2D eigenvalue weighted by atomic mass is 9.80. The van der Waals surface area contributed by atoms with E-state index in [0.717, 1.165) is 24.4 Å². The summed E-state index contributed by atoms with van der Waals surface area (Å²) >= 11 is 9.27. The van der Waals surface area contributed by atoms with Gasteiger partial charge >= 0.3 is 18.7 Å². The van der Waals surface area contributed by atoms with Gasteiger partial charge in [-0.1, -0.05) is 39.7 Å². The number of nitrogens with zero attached hydrogens (tertiary/aromatic N) is 1. The van der Waals surface area contributed by atoms with Crippen LogP contribution in [0.15, 0.2) is 83.5 Å². The van der Waals surface area contributed by atoms with E-state index in [4.69, 9.17) is 11.6 Å². The van der Waals surface area contributed by atoms with Gasteiger partial charge < -0.3 is 10.1 Å². The van der Waals surface area contributed by atoms with Crippen molar-refractivity contribution in [3.63, 3.8) is 0 Å². The molecule has 0 saturated carbocycles. The molecule has 0 fully saturated rings. The summed E-state index contributed by atoms with van der Waals surface area (Å²) in [5.74, 6) is -5.22. The number of carbonyl (C=O) groups is 1. The molecule has 232 valence electrons. The van der Waals surface area contributed by atoms with Crippen LogP contribution < -0.4 is 10.1 Å². The zero-order valence-corrected chi connectivity index (χ0v) is 24.1. The van der Waals surface area contributed by atoms with E-state index in [1.54, 1.807) is 24.3 Å². The van der Waals surface area contributed by atoms with E-state index in [0.29, 0.717) is 22.2 Å². The summed E-state index contributed by atoms with van der Waals surface area (Å²) in [6.07, 6.45) is -13.7. The number of amides is 1. The van der Waals surface area contributed by atoms with Gasteiger partial charge in [-0.05, 0) is 65.7 Å². The van der Waals surface area contributed by atoms with Crippen molar-refractivity contribution in [3.05, 3.63) is 128 Å². The highest BCUT2D eigenvalue weighted by molar-refractivity contribution is 9.10. The van der Waals surface area contributed by atoms with Crippen molar-refractivity contribution in [2.75, 3.05) is 0 Å². The maximum absolute atomic E-state index is 15.0. The molecule has 4 rings (SSSR count). The molecule has 0 aliphatic rings. The number of pyridine rings is 1. The zero-order chi connectivity index (χ0) is 32.4. The fourth-order valence-electron chi connectivity index (χ4n) is 4.32. The molecule has 1 unspecified atom stereocenters. The van der Waals surface area contributed by atoms with Crippen LogP contribution in [0.5, 0.6) is 5.75 Å². The summed E-state index contributed by atoms with van der Waals surface area (Å²) < 4.78 is 127. The molecule has 1 N–H and O–H groups in total. The van der Waals surface area contributed by atoms with Crippen molar-refractivity contribution in [3.8, 4) is 5.75 Å². The third-order valence-corrected chi connectivity index (χ3v) is 6.97. The lowest BCUT2D eigenvalue weighted by Crippen LogP contribution is -2.49. The first-order valence-electron chi connectivity index (χ1n) is 12.2. The van der Waals surface area contributed by atoms with Crippen LogP contribution in [-0.4, -0.2) is 23.4 Å². The predicted molar refractivity (Wildman–Crippen MR) is 145 cm³/mol. The van der Waals surface area contributed by atoms with E-state index in [-0.39, 0.29) is 28.8 Å². The van der Waals surface area contributed by atoms with Crippen molar-refractivity contribution < 1.29 is 49.0 Å². The third-order valence-electron chi connectivity index (χ3n) is 6.26. The number of aromatic nitrogens is 1. The first-order valence-corrected chi connectivity index (χ1v) is 13.4. The Hall–Kier alpha value is -3.78. The van der Waals surface area contributed by atoms with Crippen molar-refractivity contribution >= 4 is 33.4 Å². The molecule has 1 amide bonds. The van der Waals surface area contributed by atoms with Gasteiger partial charge in [0.2, 0.25) is 0 Å². The lowest BCUT2D eigenvalue weighted by Gasteiger charge is -2.36. The summed E-state index contributed by atoms with van der Waals surface area (Å²) in [5, 5.41) is 2.60. The smallest absolute Gasteiger partial charge is 0.428 e. The van der Waals surface area contributed by atoms with Crippen LogP contribution in [0.4, 0.5) is 39.5 Å². The van der Waals surface area contributed by atoms with Crippen LogP contribution in [0.1, 0.15) is 32.7 Å². The molecule has 1 aromatic heterocycles. The highest BCUT2D eigenvalue weighted by Crippen LogP contribution is 2.38. The minimum Gasteiger partial charge on any atom is -0.428 e. The predicted octanol–water partition coefficient (Wildman–Crippen LogP) is 8.95. The summed E-state index contributed by atoms with van der Waals surface area (Å²) in [6.45, 7) is 0. The van der Waals surface area contributed by atoms with Gasteiger partial charge in [-0.15, -0.1) is 0 Å². The first kappa shape index (κ1) is 33.1. The second kappa shape index (κ2) is 12.7. The Morgan fingerprint density at radius 2 is 1.68 bits per heavy atom. The molecule has 0 saturated heterocycles. The van der Waals surface area contributed by atoms with E-state index in [2.05, 4.69) is 31.0 Å². The number of alkyl halides is 7. The van der Waals surface area contributed by atoms with Crippen LogP contribution in [0.25, 0.3) is 0 Å². The van der Waals surface area contributed by atoms with Gasteiger partial charge in [0.25, 0.3) is 5.91 Å². The molecule has 4 nitrogen and oxygen atoms in total. The Balaban J connectivity index is 1.97. The fourth-order valence-corrected chi connectivity index (χ4v) is 4.88. The van der Waals surface area contributed by atoms with E-state index in [9.17, 15) is 44.3 Å². The Kier molecular flexibility index (Phi) is 9.54. The molecule has 0 radical (unpaired) electrons. The monoisotopic (exact) mass is 710 g/mol. The molecule has 44 heavy (non-hydrogen) atoms. The lowest BCUT2D eigenvalue weighted by molar-refractivity contribution is -0.253. The maximum Gasteiger partial charge on any atom is 0.461 e. The van der Waals surface area contributed by atoms with Crippen molar-refractivity contribution in [1.82, 2.24) is 10.3 Å². The van der Waals surface area contributed by atoms with E-state index >= 15 is 0 Å². The standard InChI is InChI=1S/C29H17BrClF9N2O2/c30-18-3-1-2-15(8-18)13-27(24-7-5-19(31)14-41-24,17-10-20(32)12-21(11-17)44-29(39,40)26(34)35)42-25(43)16-4-6-23(33)22(9-16)28(36,37)38/h1-12,14,26H,13H2,(H,42,43). The Morgan fingerprint density at radius 1 is 0.955 bits per heavy atom. The number of hydrogen-bond acceptors (Lipinski definition) is 3. The molecule has 4 aromatic rings. The van der Waals surface area contributed by atoms with Crippen molar-refractivity contribution in [1.29, 1.82) is 0 Å². The quantitative estimate of drug-likeness (QED) is 0.177. The van der Waals surface area contributed by atoms with Crippen LogP contribution in [0.3, 0.4) is 0 Å². The van der Waals surface area contributed by atoms with Gasteiger partial charge in [0.05, 0.1) is 16.3 Å². The van der Waals surface area contributed by atoms with E-state index < -0.39 is 58.7 Å². The summed E-state index contributed by atoms with van der Waals surface area (Å²) in [5.41, 5.74) is -4.62. The van der Waals surface area contributed by atoms with Crippen molar-refractivity contribution in [2.24, 2.45) is 0 Å². The van der Waals surface area contributed by atoms with Gasteiger partial charge in [0, 0.05) is 28.7 Å². The zero-order valence-electron chi connectivity index (χ0n) is 21.7. The maximum atomic E-state index is 15.0. The second-order valence-electron chi connectivity index (χ2n) is 9.36. The number of hydrogen-bond donors (Lipinski definition) is 1. The largest absolute Gasteiger partial charge is 0.461 e. The summed E-state index contributed by atoms with van der Waals surface area (Å²) in [6, 6.07) is 12.3. The first-order chi connectivity index (χ1) is 20.5. The molecule has 15 heteroatoms. The van der Waals surface area contributed by atoms with Crippen molar-refractivity contribution in [2.45, 2.75) is 30.7 Å². The molecule has 1 atom stereocenters. The van der Waals surface area contributed by atoms with Gasteiger partial charge in [-0.25, -0.2) is 8.78 Å². The number of nitrogens with one attached hydrogen (secondary N) is 1. The van der Waals surface area contributed by atoms with Gasteiger partial charge in [-0.3, -0.25) is 9.78 Å². The number of ether oxygens (including phenoxy) is 1. The average Bonchev–Trinajstić information content (AvgIpc) is 2.92. The number of carbonyl (C=O) groups excluding carboxylic acids is 1. The van der Waals surface area contributed by atoms with Gasteiger partial charge in [0.15, 0.2) is 0 Å². The van der Waals surface area contributed by atoms with Crippen LogP contribution in [-0.2, 0) is 18.1 Å². The summed E-state index contributed by atoms with van der Waals surface area (Å²) in [4.78, 5) is 17.8. The fraction of sp³-hybridized carbons (Fsp3) is 0.172. The topological polar surface area (TPSA) is 51.2 Å². The number of halogens is 11. The van der Waals surface area contributed by atoms with Gasteiger partial charge in [-0.2, -0.15) is 30.7 Å². The molecule has 0 spiro atoms. The molecule has 1 heterocycles. The molecule has 3 aromatic carbocycles. The molecule has 0 bridgehead atoms. The van der Waals surface area contributed by atoms with Crippen LogP contribution in [0, 0.1) is 11.6 Å². The molecular weight excluding hydrogens is 695 g/mol. The van der Waals surface area contributed by atoms with Crippen LogP contribution >= 0.6 is 27.5 Å². The normalized spacial score (nSPS) is 13.5. The Bertz CT molecular complexity index is 1670. The Morgan fingerprint density at radius 3 is 2.30 bits per heavy atom. The molecular formula is C29H17BrClF9N2O2. The highest BCUT2D eigenvalue weighted by Gasteiger charge is 2.45. The second-order valence-corrected chi connectivity index (χ2v) is 10.7. The Labute approximate surface area is 256 Å². The summed E-state index contributed by atoms with van der Waals surface area (Å²) in [7, 11) is 0. The number of benzene rings is 3. The average molecular weight is 712 g/mol. The minimum absolute atomic E-state index is 0.102. The molecule has 0 aliphatic heterocycles. The van der Waals surface area contributed by atoms with E-state index in [1.807, 2.05) is 0 Å². The number of rotatable bonds is 9. The SMILES string of the molecule is O=C(NC(Cc1cccc(Br)c1)(c1cc(F)cc(OC(F)(F)C(F)F)c1)c1ccc(Cl)cn1)c1ccc(F)c(C(F)(F)F)c1.